The first kappa shape index (κ1) is 17.5. The molecule has 3 aromatic rings. The third-order valence-electron chi connectivity index (χ3n) is 3.50. The fourth-order valence-electron chi connectivity index (χ4n) is 2.40. The minimum atomic E-state index is -4.75. The van der Waals surface area contributed by atoms with Crippen LogP contribution < -0.4 is 9.47 Å². The number of hydrogen-bond acceptors (Lipinski definition) is 3. The monoisotopic (exact) mass is 358 g/mol. The van der Waals surface area contributed by atoms with Crippen molar-refractivity contribution in [2.24, 2.45) is 0 Å². The summed E-state index contributed by atoms with van der Waals surface area (Å²) in [4.78, 5) is 12.5. The van der Waals surface area contributed by atoms with Crippen LogP contribution in [-0.2, 0) is 0 Å². The lowest BCUT2D eigenvalue weighted by molar-refractivity contribution is -0.274. The van der Waals surface area contributed by atoms with Gasteiger partial charge in [-0.05, 0) is 41.5 Å². The number of halogens is 3. The van der Waals surface area contributed by atoms with Gasteiger partial charge in [-0.2, -0.15) is 0 Å². The van der Waals surface area contributed by atoms with Gasteiger partial charge in [-0.25, -0.2) is 4.79 Å². The molecule has 0 aliphatic heterocycles. The van der Waals surface area contributed by atoms with E-state index in [9.17, 15) is 18.0 Å². The van der Waals surface area contributed by atoms with Gasteiger partial charge in [0.2, 0.25) is 0 Å². The van der Waals surface area contributed by atoms with E-state index in [1.165, 1.54) is 24.3 Å². The predicted octanol–water partition coefficient (Wildman–Crippen LogP) is 5.47. The van der Waals surface area contributed by atoms with Crippen LogP contribution in [0.2, 0.25) is 0 Å². The maximum Gasteiger partial charge on any atom is 0.573 e. The largest absolute Gasteiger partial charge is 0.573 e. The zero-order valence-corrected chi connectivity index (χ0v) is 13.4. The number of hydrogen-bond donors (Lipinski definition) is 0. The van der Waals surface area contributed by atoms with E-state index in [-0.39, 0.29) is 5.75 Å². The Bertz CT molecular complexity index is 888. The Morgan fingerprint density at radius 2 is 1.35 bits per heavy atom. The number of para-hydroxylation sites is 1. The summed E-state index contributed by atoms with van der Waals surface area (Å²) in [5.41, 5.74) is 1.42. The fourth-order valence-corrected chi connectivity index (χ4v) is 2.40. The van der Waals surface area contributed by atoms with Crippen molar-refractivity contribution in [2.75, 3.05) is 0 Å². The average Bonchev–Trinajstić information content (AvgIpc) is 2.62. The number of ether oxygens (including phenoxy) is 2. The van der Waals surface area contributed by atoms with E-state index in [4.69, 9.17) is 4.74 Å². The average molecular weight is 358 g/mol. The van der Waals surface area contributed by atoms with E-state index in [0.29, 0.717) is 22.4 Å². The Kier molecular flexibility index (Phi) is 4.93. The Morgan fingerprint density at radius 1 is 0.731 bits per heavy atom. The highest BCUT2D eigenvalue weighted by atomic mass is 19.4. The van der Waals surface area contributed by atoms with Crippen LogP contribution in [-0.4, -0.2) is 12.3 Å². The van der Waals surface area contributed by atoms with Crippen LogP contribution in [0, 0.1) is 0 Å². The number of benzene rings is 3. The number of carbonyl (C=O) groups is 1. The van der Waals surface area contributed by atoms with E-state index >= 15 is 0 Å². The molecule has 0 aliphatic carbocycles. The zero-order chi connectivity index (χ0) is 18.6. The molecule has 132 valence electrons. The highest BCUT2D eigenvalue weighted by Crippen LogP contribution is 2.29. The van der Waals surface area contributed by atoms with E-state index < -0.39 is 12.3 Å². The van der Waals surface area contributed by atoms with Gasteiger partial charge in [0.05, 0.1) is 5.56 Å². The molecule has 26 heavy (non-hydrogen) atoms. The summed E-state index contributed by atoms with van der Waals surface area (Å²) in [6.45, 7) is 0. The molecule has 0 fully saturated rings. The summed E-state index contributed by atoms with van der Waals surface area (Å²) in [6, 6.07) is 20.6. The lowest BCUT2D eigenvalue weighted by Crippen LogP contribution is -2.17. The normalized spacial score (nSPS) is 11.0. The summed E-state index contributed by atoms with van der Waals surface area (Å²) < 4.78 is 46.0. The number of esters is 1. The van der Waals surface area contributed by atoms with Crippen LogP contribution in [0.15, 0.2) is 78.9 Å². The molecule has 0 saturated carbocycles. The van der Waals surface area contributed by atoms with Crippen molar-refractivity contribution in [2.45, 2.75) is 6.36 Å². The van der Waals surface area contributed by atoms with Gasteiger partial charge in [0.25, 0.3) is 0 Å². The van der Waals surface area contributed by atoms with Gasteiger partial charge in [0, 0.05) is 0 Å². The third kappa shape index (κ3) is 4.42. The Hall–Kier alpha value is -3.28. The molecule has 0 atom stereocenters. The molecule has 0 saturated heterocycles. The quantitative estimate of drug-likeness (QED) is 0.458. The van der Waals surface area contributed by atoms with Gasteiger partial charge in [-0.1, -0.05) is 48.5 Å². The van der Waals surface area contributed by atoms with Gasteiger partial charge >= 0.3 is 12.3 Å². The molecule has 0 aromatic heterocycles. The van der Waals surface area contributed by atoms with Crippen molar-refractivity contribution < 1.29 is 27.4 Å². The molecule has 0 aliphatic rings. The smallest absolute Gasteiger partial charge is 0.423 e. The molecule has 0 N–H and O–H groups in total. The van der Waals surface area contributed by atoms with Crippen LogP contribution in [0.3, 0.4) is 0 Å². The van der Waals surface area contributed by atoms with Gasteiger partial charge < -0.3 is 9.47 Å². The molecular weight excluding hydrogens is 345 g/mol. The maximum absolute atomic E-state index is 12.5. The molecular formula is C20H13F3O3. The molecule has 3 rings (SSSR count). The highest BCUT2D eigenvalue weighted by Gasteiger charge is 2.31. The molecule has 0 heterocycles. The van der Waals surface area contributed by atoms with Crippen LogP contribution in [0.5, 0.6) is 11.5 Å². The lowest BCUT2D eigenvalue weighted by Gasteiger charge is -2.11. The number of rotatable bonds is 4. The summed E-state index contributed by atoms with van der Waals surface area (Å²) in [5, 5.41) is 0. The Labute approximate surface area is 147 Å². The minimum Gasteiger partial charge on any atom is -0.423 e. The molecule has 0 radical (unpaired) electrons. The first-order chi connectivity index (χ1) is 12.4. The van der Waals surface area contributed by atoms with Crippen molar-refractivity contribution >= 4 is 5.97 Å². The molecule has 0 unspecified atom stereocenters. The maximum atomic E-state index is 12.5. The van der Waals surface area contributed by atoms with Gasteiger partial charge in [-0.15, -0.1) is 13.2 Å². The second-order valence-electron chi connectivity index (χ2n) is 5.32. The molecule has 0 spiro atoms. The van der Waals surface area contributed by atoms with Crippen LogP contribution in [0.4, 0.5) is 13.2 Å². The van der Waals surface area contributed by atoms with Gasteiger partial charge in [0.1, 0.15) is 11.5 Å². The molecule has 3 aromatic carbocycles. The Balaban J connectivity index is 1.86. The first-order valence-corrected chi connectivity index (χ1v) is 7.65. The standard InChI is InChI=1S/C20H13F3O3/c21-20(22,23)26-16-12-10-14(11-13-16)17-8-4-5-9-18(17)19(24)25-15-6-2-1-3-7-15/h1-13H. The van der Waals surface area contributed by atoms with Crippen molar-refractivity contribution in [3.8, 4) is 22.6 Å². The van der Waals surface area contributed by atoms with Gasteiger partial charge in [0.15, 0.2) is 0 Å². The van der Waals surface area contributed by atoms with Crippen LogP contribution in [0.25, 0.3) is 11.1 Å². The second kappa shape index (κ2) is 7.31. The van der Waals surface area contributed by atoms with Crippen LogP contribution >= 0.6 is 0 Å². The first-order valence-electron chi connectivity index (χ1n) is 7.65. The fraction of sp³-hybridized carbons (Fsp3) is 0.0500. The van der Waals surface area contributed by atoms with Crippen molar-refractivity contribution in [1.82, 2.24) is 0 Å². The topological polar surface area (TPSA) is 35.5 Å². The zero-order valence-electron chi connectivity index (χ0n) is 13.4. The van der Waals surface area contributed by atoms with E-state index in [0.717, 1.165) is 0 Å². The minimum absolute atomic E-state index is 0.306. The second-order valence-corrected chi connectivity index (χ2v) is 5.32. The van der Waals surface area contributed by atoms with Crippen molar-refractivity contribution in [3.63, 3.8) is 0 Å². The summed E-state index contributed by atoms with van der Waals surface area (Å²) >= 11 is 0. The molecule has 3 nitrogen and oxygen atoms in total. The van der Waals surface area contributed by atoms with E-state index in [1.807, 2.05) is 0 Å². The summed E-state index contributed by atoms with van der Waals surface area (Å²) in [6.07, 6.45) is -4.75. The predicted molar refractivity (Wildman–Crippen MR) is 90.0 cm³/mol. The van der Waals surface area contributed by atoms with Crippen molar-refractivity contribution in [3.05, 3.63) is 84.4 Å². The van der Waals surface area contributed by atoms with Crippen LogP contribution in [0.1, 0.15) is 10.4 Å². The highest BCUT2D eigenvalue weighted by molar-refractivity contribution is 5.98. The summed E-state index contributed by atoms with van der Waals surface area (Å²) in [5.74, 6) is -0.478. The molecule has 0 bridgehead atoms. The van der Waals surface area contributed by atoms with Gasteiger partial charge in [-0.3, -0.25) is 0 Å². The van der Waals surface area contributed by atoms with Crippen molar-refractivity contribution in [1.29, 1.82) is 0 Å². The summed E-state index contributed by atoms with van der Waals surface area (Å²) in [7, 11) is 0. The Morgan fingerprint density at radius 3 is 2.00 bits per heavy atom. The third-order valence-corrected chi connectivity index (χ3v) is 3.50. The van der Waals surface area contributed by atoms with E-state index in [1.54, 1.807) is 54.6 Å². The number of carbonyl (C=O) groups excluding carboxylic acids is 1. The lowest BCUT2D eigenvalue weighted by atomic mass is 10.00. The van der Waals surface area contributed by atoms with E-state index in [2.05, 4.69) is 4.74 Å². The SMILES string of the molecule is O=C(Oc1ccccc1)c1ccccc1-c1ccc(OC(F)(F)F)cc1. The molecule has 6 heteroatoms. The number of alkyl halides is 3. The molecule has 0 amide bonds.